The SMILES string of the molecule is NCc1ccc2c(c1)C1(CCN(C(=O)c3ccc(S(N)(=O)=O)cc3)CC1)CO2. The van der Waals surface area contributed by atoms with Gasteiger partial charge in [-0.2, -0.15) is 0 Å². The second-order valence-electron chi connectivity index (χ2n) is 7.47. The summed E-state index contributed by atoms with van der Waals surface area (Å²) in [7, 11) is -3.77. The monoisotopic (exact) mass is 401 g/mol. The van der Waals surface area contributed by atoms with Gasteiger partial charge in [-0.3, -0.25) is 4.79 Å². The molecule has 4 N–H and O–H groups in total. The van der Waals surface area contributed by atoms with Crippen molar-refractivity contribution in [1.82, 2.24) is 4.90 Å². The summed E-state index contributed by atoms with van der Waals surface area (Å²) in [6.07, 6.45) is 1.63. The van der Waals surface area contributed by atoms with Crippen molar-refractivity contribution in [1.29, 1.82) is 0 Å². The highest BCUT2D eigenvalue weighted by molar-refractivity contribution is 7.89. The van der Waals surface area contributed by atoms with Crippen molar-refractivity contribution in [3.8, 4) is 5.75 Å². The summed E-state index contributed by atoms with van der Waals surface area (Å²) in [5, 5.41) is 5.11. The molecule has 0 unspecified atom stereocenters. The Hall–Kier alpha value is -2.42. The minimum Gasteiger partial charge on any atom is -0.492 e. The van der Waals surface area contributed by atoms with Crippen LogP contribution in [0.1, 0.15) is 34.3 Å². The standard InChI is InChI=1S/C20H23N3O4S/c21-12-14-1-6-18-17(11-14)20(13-27-18)7-9-23(10-8-20)19(24)15-2-4-16(5-3-15)28(22,25)26/h1-6,11H,7-10,12-13,21H2,(H2,22,25,26). The molecule has 4 rings (SSSR count). The molecule has 7 nitrogen and oxygen atoms in total. The molecule has 1 fully saturated rings. The van der Waals surface area contributed by atoms with E-state index in [0.717, 1.165) is 24.2 Å². The number of hydrogen-bond donors (Lipinski definition) is 2. The van der Waals surface area contributed by atoms with Gasteiger partial charge in [0.15, 0.2) is 0 Å². The van der Waals surface area contributed by atoms with Crippen LogP contribution in [0.4, 0.5) is 0 Å². The van der Waals surface area contributed by atoms with Crippen LogP contribution >= 0.6 is 0 Å². The van der Waals surface area contributed by atoms with Crippen molar-refractivity contribution in [3.63, 3.8) is 0 Å². The van der Waals surface area contributed by atoms with Gasteiger partial charge in [0.05, 0.1) is 11.5 Å². The van der Waals surface area contributed by atoms with E-state index in [-0.39, 0.29) is 16.2 Å². The van der Waals surface area contributed by atoms with Crippen molar-refractivity contribution in [2.75, 3.05) is 19.7 Å². The number of nitrogens with two attached hydrogens (primary N) is 2. The first-order valence-corrected chi connectivity index (χ1v) is 10.8. The van der Waals surface area contributed by atoms with Crippen molar-refractivity contribution >= 4 is 15.9 Å². The third kappa shape index (κ3) is 3.28. The number of carbonyl (C=O) groups is 1. The largest absolute Gasteiger partial charge is 0.492 e. The zero-order valence-corrected chi connectivity index (χ0v) is 16.2. The summed E-state index contributed by atoms with van der Waals surface area (Å²) in [4.78, 5) is 14.6. The summed E-state index contributed by atoms with van der Waals surface area (Å²) in [6.45, 7) is 2.35. The molecule has 148 valence electrons. The third-order valence-corrected chi connectivity index (χ3v) is 6.72. The molecule has 8 heteroatoms. The molecular weight excluding hydrogens is 378 g/mol. The van der Waals surface area contributed by atoms with Crippen LogP contribution in [0.3, 0.4) is 0 Å². The van der Waals surface area contributed by atoms with Crippen LogP contribution in [-0.4, -0.2) is 38.9 Å². The number of likely N-dealkylation sites (tertiary alicyclic amines) is 1. The number of amides is 1. The second kappa shape index (κ2) is 6.88. The van der Waals surface area contributed by atoms with Gasteiger partial charge >= 0.3 is 0 Å². The van der Waals surface area contributed by atoms with E-state index in [9.17, 15) is 13.2 Å². The predicted molar refractivity (Wildman–Crippen MR) is 104 cm³/mol. The van der Waals surface area contributed by atoms with Gasteiger partial charge in [0.25, 0.3) is 5.91 Å². The van der Waals surface area contributed by atoms with E-state index in [1.807, 2.05) is 17.0 Å². The van der Waals surface area contributed by atoms with Gasteiger partial charge in [0.1, 0.15) is 5.75 Å². The molecule has 0 aromatic heterocycles. The van der Waals surface area contributed by atoms with Gasteiger partial charge in [-0.25, -0.2) is 13.6 Å². The Morgan fingerprint density at radius 2 is 1.79 bits per heavy atom. The molecule has 1 saturated heterocycles. The first-order valence-electron chi connectivity index (χ1n) is 9.21. The average molecular weight is 401 g/mol. The molecule has 0 atom stereocenters. The number of sulfonamides is 1. The summed E-state index contributed by atoms with van der Waals surface area (Å²) < 4.78 is 28.6. The number of benzene rings is 2. The lowest BCUT2D eigenvalue weighted by Gasteiger charge is -2.38. The maximum atomic E-state index is 12.8. The molecule has 1 amide bonds. The first kappa shape index (κ1) is 18.9. The van der Waals surface area contributed by atoms with E-state index in [2.05, 4.69) is 6.07 Å². The van der Waals surface area contributed by atoms with E-state index in [1.165, 1.54) is 29.8 Å². The van der Waals surface area contributed by atoms with Gasteiger partial charge < -0.3 is 15.4 Å². The summed E-state index contributed by atoms with van der Waals surface area (Å²) >= 11 is 0. The predicted octanol–water partition coefficient (Wildman–Crippen LogP) is 1.36. The summed E-state index contributed by atoms with van der Waals surface area (Å²) in [5.41, 5.74) is 8.44. The average Bonchev–Trinajstić information content (AvgIpc) is 3.05. The Morgan fingerprint density at radius 3 is 2.39 bits per heavy atom. The Bertz CT molecular complexity index is 1010. The Labute approximate surface area is 164 Å². The Morgan fingerprint density at radius 1 is 1.11 bits per heavy atom. The van der Waals surface area contributed by atoms with E-state index < -0.39 is 10.0 Å². The van der Waals surface area contributed by atoms with Gasteiger partial charge in [-0.05, 0) is 48.7 Å². The first-order chi connectivity index (χ1) is 13.3. The van der Waals surface area contributed by atoms with Crippen LogP contribution in [0, 0.1) is 0 Å². The minimum atomic E-state index is -3.77. The zero-order valence-electron chi connectivity index (χ0n) is 15.4. The Balaban J connectivity index is 1.49. The normalized spacial score (nSPS) is 18.0. The van der Waals surface area contributed by atoms with Gasteiger partial charge in [0, 0.05) is 36.2 Å². The van der Waals surface area contributed by atoms with Gasteiger partial charge in [0.2, 0.25) is 10.0 Å². The number of carbonyl (C=O) groups excluding carboxylic acids is 1. The molecular formula is C20H23N3O4S. The van der Waals surface area contributed by atoms with Crippen LogP contribution in [0.25, 0.3) is 0 Å². The van der Waals surface area contributed by atoms with Crippen molar-refractivity contribution < 1.29 is 17.9 Å². The fraction of sp³-hybridized carbons (Fsp3) is 0.350. The van der Waals surface area contributed by atoms with E-state index in [4.69, 9.17) is 15.6 Å². The fourth-order valence-corrected chi connectivity index (χ4v) is 4.57. The molecule has 0 aliphatic carbocycles. The number of fused-ring (bicyclic) bond motifs is 2. The second-order valence-corrected chi connectivity index (χ2v) is 9.03. The zero-order chi connectivity index (χ0) is 19.9. The van der Waals surface area contributed by atoms with Crippen LogP contribution in [0.5, 0.6) is 5.75 Å². The topological polar surface area (TPSA) is 116 Å². The number of primary sulfonamides is 1. The third-order valence-electron chi connectivity index (χ3n) is 5.79. The molecule has 2 aliphatic rings. The lowest BCUT2D eigenvalue weighted by atomic mass is 9.74. The quantitative estimate of drug-likeness (QED) is 0.806. The molecule has 28 heavy (non-hydrogen) atoms. The highest BCUT2D eigenvalue weighted by Gasteiger charge is 2.43. The molecule has 0 bridgehead atoms. The number of ether oxygens (including phenoxy) is 1. The molecule has 2 heterocycles. The Kier molecular flexibility index (Phi) is 4.65. The number of rotatable bonds is 3. The molecule has 2 aromatic rings. The fourth-order valence-electron chi connectivity index (χ4n) is 4.06. The smallest absolute Gasteiger partial charge is 0.253 e. The lowest BCUT2D eigenvalue weighted by molar-refractivity contribution is 0.0646. The maximum absolute atomic E-state index is 12.8. The molecule has 2 aromatic carbocycles. The molecule has 1 spiro atoms. The van der Waals surface area contributed by atoms with E-state index in [0.29, 0.717) is 31.8 Å². The van der Waals surface area contributed by atoms with Crippen LogP contribution < -0.4 is 15.6 Å². The molecule has 0 radical (unpaired) electrons. The number of hydrogen-bond acceptors (Lipinski definition) is 5. The maximum Gasteiger partial charge on any atom is 0.253 e. The lowest BCUT2D eigenvalue weighted by Crippen LogP contribution is -2.46. The summed E-state index contributed by atoms with van der Waals surface area (Å²) in [6, 6.07) is 11.8. The summed E-state index contributed by atoms with van der Waals surface area (Å²) in [5.74, 6) is 0.807. The van der Waals surface area contributed by atoms with E-state index >= 15 is 0 Å². The van der Waals surface area contributed by atoms with E-state index in [1.54, 1.807) is 0 Å². The number of piperidine rings is 1. The minimum absolute atomic E-state index is 0.00272. The molecule has 2 aliphatic heterocycles. The highest BCUT2D eigenvalue weighted by atomic mass is 32.2. The van der Waals surface area contributed by atoms with Crippen molar-refractivity contribution in [3.05, 3.63) is 59.2 Å². The van der Waals surface area contributed by atoms with Crippen LogP contribution in [-0.2, 0) is 22.0 Å². The van der Waals surface area contributed by atoms with Crippen LogP contribution in [0.15, 0.2) is 47.4 Å². The van der Waals surface area contributed by atoms with Crippen LogP contribution in [0.2, 0.25) is 0 Å². The number of nitrogens with zero attached hydrogens (tertiary/aromatic N) is 1. The molecule has 0 saturated carbocycles. The van der Waals surface area contributed by atoms with Gasteiger partial charge in [-0.15, -0.1) is 0 Å². The van der Waals surface area contributed by atoms with Crippen molar-refractivity contribution in [2.24, 2.45) is 10.9 Å². The highest BCUT2D eigenvalue weighted by Crippen LogP contribution is 2.45. The van der Waals surface area contributed by atoms with Gasteiger partial charge in [-0.1, -0.05) is 12.1 Å². The van der Waals surface area contributed by atoms with Crippen molar-refractivity contribution in [2.45, 2.75) is 29.7 Å².